The van der Waals surface area contributed by atoms with E-state index >= 15 is 0 Å². The molecule has 0 bridgehead atoms. The van der Waals surface area contributed by atoms with E-state index in [-0.39, 0.29) is 9.75 Å². The van der Waals surface area contributed by atoms with Gasteiger partial charge in [0.1, 0.15) is 27.3 Å². The zero-order valence-electron chi connectivity index (χ0n) is 10.5. The van der Waals surface area contributed by atoms with Crippen LogP contribution in [0.2, 0.25) is 0 Å². The highest BCUT2D eigenvalue weighted by Crippen LogP contribution is 2.26. The van der Waals surface area contributed by atoms with Gasteiger partial charge in [-0.3, -0.25) is 4.79 Å². The van der Waals surface area contributed by atoms with Crippen LogP contribution in [0.1, 0.15) is 14.5 Å². The smallest absolute Gasteiger partial charge is 0.349 e. The van der Waals surface area contributed by atoms with Gasteiger partial charge in [-0.05, 0) is 6.07 Å². The molecule has 1 aromatic heterocycles. The van der Waals surface area contributed by atoms with Crippen molar-refractivity contribution in [1.29, 1.82) is 5.26 Å². The van der Waals surface area contributed by atoms with Gasteiger partial charge in [-0.1, -0.05) is 0 Å². The van der Waals surface area contributed by atoms with Crippen LogP contribution in [0.3, 0.4) is 0 Å². The van der Waals surface area contributed by atoms with E-state index in [1.54, 1.807) is 6.07 Å². The van der Waals surface area contributed by atoms with Crippen LogP contribution >= 0.6 is 11.3 Å². The van der Waals surface area contributed by atoms with Crippen molar-refractivity contribution >= 4 is 33.3 Å². The molecule has 0 atom stereocenters. The van der Waals surface area contributed by atoms with Gasteiger partial charge in [0.15, 0.2) is 0 Å². The molecule has 0 amide bonds. The molecule has 0 aliphatic rings. The first-order valence-electron chi connectivity index (χ1n) is 5.04. The fourth-order valence-electron chi connectivity index (χ4n) is 1.17. The first kappa shape index (κ1) is 16.1. The lowest BCUT2D eigenvalue weighted by atomic mass is 10.4. The minimum absolute atomic E-state index is 0.0313. The molecule has 1 N–H and O–H groups in total. The molecule has 20 heavy (non-hydrogen) atoms. The molecule has 0 fully saturated rings. The Bertz CT molecular complexity index is 670. The zero-order chi connectivity index (χ0) is 15.3. The number of ether oxygens (including phenoxy) is 2. The van der Waals surface area contributed by atoms with Crippen LogP contribution in [0.4, 0.5) is 0 Å². The zero-order valence-corrected chi connectivity index (χ0v) is 12.1. The highest BCUT2D eigenvalue weighted by atomic mass is 32.2. The Morgan fingerprint density at radius 2 is 2.05 bits per heavy atom. The lowest BCUT2D eigenvalue weighted by Gasteiger charge is -2.05. The Hall–Kier alpha value is -1.96. The predicted molar refractivity (Wildman–Crippen MR) is 67.6 cm³/mol. The number of carbonyl (C=O) groups excluding carboxylic acids is 2. The lowest BCUT2D eigenvalue weighted by Crippen LogP contribution is -2.30. The summed E-state index contributed by atoms with van der Waals surface area (Å²) in [5.74, 6) is -1.67. The molecular formula is C10H10N2O6S2. The van der Waals surface area contributed by atoms with Gasteiger partial charge < -0.3 is 9.47 Å². The second-order valence-electron chi connectivity index (χ2n) is 3.31. The Labute approximate surface area is 119 Å². The van der Waals surface area contributed by atoms with Crippen molar-refractivity contribution in [2.24, 2.45) is 0 Å². The van der Waals surface area contributed by atoms with Gasteiger partial charge in [0.05, 0.1) is 14.2 Å². The molecule has 0 radical (unpaired) electrons. The van der Waals surface area contributed by atoms with Crippen molar-refractivity contribution in [3.05, 3.63) is 15.8 Å². The molecule has 10 heteroatoms. The molecule has 0 saturated carbocycles. The van der Waals surface area contributed by atoms with E-state index in [0.717, 1.165) is 20.3 Å². The van der Waals surface area contributed by atoms with E-state index in [1.165, 1.54) is 0 Å². The fourth-order valence-corrected chi connectivity index (χ4v) is 3.53. The van der Waals surface area contributed by atoms with Crippen molar-refractivity contribution in [3.8, 4) is 6.07 Å². The number of esters is 2. The SMILES string of the molecule is COC(=O)CNS(=O)(=O)c1cc(C#N)sc1C(=O)OC. The maximum absolute atomic E-state index is 12.0. The Morgan fingerprint density at radius 3 is 2.55 bits per heavy atom. The van der Waals surface area contributed by atoms with Crippen LogP contribution in [0.15, 0.2) is 11.0 Å². The number of thiophene rings is 1. The molecular weight excluding hydrogens is 308 g/mol. The second kappa shape index (κ2) is 6.47. The van der Waals surface area contributed by atoms with Crippen LogP contribution in [0.25, 0.3) is 0 Å². The number of nitrogens with zero attached hydrogens (tertiary/aromatic N) is 1. The molecule has 0 aliphatic carbocycles. The van der Waals surface area contributed by atoms with Crippen LogP contribution in [0, 0.1) is 11.3 Å². The number of nitriles is 1. The van der Waals surface area contributed by atoms with Crippen molar-refractivity contribution in [2.75, 3.05) is 20.8 Å². The van der Waals surface area contributed by atoms with Gasteiger partial charge >= 0.3 is 11.9 Å². The normalized spacial score (nSPS) is 10.7. The monoisotopic (exact) mass is 318 g/mol. The number of sulfonamides is 1. The first-order valence-corrected chi connectivity index (χ1v) is 7.34. The summed E-state index contributed by atoms with van der Waals surface area (Å²) in [7, 11) is -1.94. The Morgan fingerprint density at radius 1 is 1.40 bits per heavy atom. The van der Waals surface area contributed by atoms with E-state index in [9.17, 15) is 18.0 Å². The summed E-state index contributed by atoms with van der Waals surface area (Å²) in [6, 6.07) is 2.78. The standard InChI is InChI=1S/C10H10N2O6S2/c1-17-8(13)5-12-20(15,16)7-3-6(4-11)19-9(7)10(14)18-2/h3,12H,5H2,1-2H3. The van der Waals surface area contributed by atoms with E-state index in [1.807, 2.05) is 4.72 Å². The van der Waals surface area contributed by atoms with Crippen LogP contribution in [-0.4, -0.2) is 41.1 Å². The molecule has 0 aliphatic heterocycles. The van der Waals surface area contributed by atoms with Crippen molar-refractivity contribution in [1.82, 2.24) is 4.72 Å². The molecule has 8 nitrogen and oxygen atoms in total. The first-order chi connectivity index (χ1) is 9.35. The number of carbonyl (C=O) groups is 2. The molecule has 0 unspecified atom stereocenters. The summed E-state index contributed by atoms with van der Waals surface area (Å²) in [4.78, 5) is 21.8. The van der Waals surface area contributed by atoms with Gasteiger partial charge in [0.25, 0.3) is 0 Å². The fraction of sp³-hybridized carbons (Fsp3) is 0.300. The number of hydrogen-bond acceptors (Lipinski definition) is 8. The van der Waals surface area contributed by atoms with E-state index in [4.69, 9.17) is 5.26 Å². The predicted octanol–water partition coefficient (Wildman–Crippen LogP) is -0.142. The summed E-state index contributed by atoms with van der Waals surface area (Å²) in [5.41, 5.74) is 0. The average Bonchev–Trinajstić information content (AvgIpc) is 2.89. The second-order valence-corrected chi connectivity index (χ2v) is 6.10. The number of nitrogens with one attached hydrogen (secondary N) is 1. The third kappa shape index (κ3) is 3.53. The minimum atomic E-state index is -4.13. The molecule has 1 rings (SSSR count). The minimum Gasteiger partial charge on any atom is -0.468 e. The summed E-state index contributed by atoms with van der Waals surface area (Å²) in [6.07, 6.45) is 0. The molecule has 108 valence electrons. The molecule has 0 spiro atoms. The van der Waals surface area contributed by atoms with Crippen LogP contribution in [0.5, 0.6) is 0 Å². The molecule has 1 aromatic rings. The van der Waals surface area contributed by atoms with Crippen LogP contribution in [-0.2, 0) is 24.3 Å². The molecule has 0 saturated heterocycles. The van der Waals surface area contributed by atoms with E-state index in [2.05, 4.69) is 9.47 Å². The third-order valence-electron chi connectivity index (χ3n) is 2.10. The highest BCUT2D eigenvalue weighted by Gasteiger charge is 2.27. The summed E-state index contributed by atoms with van der Waals surface area (Å²) in [5, 5.41) is 8.77. The molecule has 0 aromatic carbocycles. The van der Waals surface area contributed by atoms with Crippen molar-refractivity contribution in [3.63, 3.8) is 0 Å². The summed E-state index contributed by atoms with van der Waals surface area (Å²) >= 11 is 0.688. The number of rotatable bonds is 5. The van der Waals surface area contributed by atoms with E-state index < -0.39 is 33.4 Å². The summed E-state index contributed by atoms with van der Waals surface area (Å²) < 4.78 is 34.7. The van der Waals surface area contributed by atoms with Crippen molar-refractivity contribution < 1.29 is 27.5 Å². The van der Waals surface area contributed by atoms with Crippen molar-refractivity contribution in [2.45, 2.75) is 4.90 Å². The quantitative estimate of drug-likeness (QED) is 0.749. The van der Waals surface area contributed by atoms with Crippen LogP contribution < -0.4 is 4.72 Å². The Kier molecular flexibility index (Phi) is 5.20. The largest absolute Gasteiger partial charge is 0.468 e. The highest BCUT2D eigenvalue weighted by molar-refractivity contribution is 7.89. The van der Waals surface area contributed by atoms with E-state index in [0.29, 0.717) is 11.3 Å². The van der Waals surface area contributed by atoms with Gasteiger partial charge in [-0.25, -0.2) is 13.2 Å². The van der Waals surface area contributed by atoms with Gasteiger partial charge in [-0.15, -0.1) is 11.3 Å². The van der Waals surface area contributed by atoms with Gasteiger partial charge in [-0.2, -0.15) is 9.98 Å². The number of methoxy groups -OCH3 is 2. The van der Waals surface area contributed by atoms with Gasteiger partial charge in [0, 0.05) is 0 Å². The average molecular weight is 318 g/mol. The third-order valence-corrected chi connectivity index (χ3v) is 4.68. The maximum Gasteiger partial charge on any atom is 0.349 e. The summed E-state index contributed by atoms with van der Waals surface area (Å²) in [6.45, 7) is -0.586. The molecule has 1 heterocycles. The Balaban J connectivity index is 3.17. The lowest BCUT2D eigenvalue weighted by molar-refractivity contribution is -0.139. The maximum atomic E-state index is 12.0. The van der Waals surface area contributed by atoms with Gasteiger partial charge in [0.2, 0.25) is 10.0 Å². The number of hydrogen-bond donors (Lipinski definition) is 1. The topological polar surface area (TPSA) is 123 Å².